The normalized spacial score (nSPS) is 14.1. The molecule has 0 aromatic heterocycles. The SMILES string of the molecule is CCCCCCCCCCCCCCCCCCCC(COP(=O)(O)OCCC[NH2+]C)CC(=O)CC. The third kappa shape index (κ3) is 25.4. The smallest absolute Gasteiger partial charge is 0.349 e. The van der Waals surface area contributed by atoms with Crippen LogP contribution in [0.4, 0.5) is 0 Å². The van der Waals surface area contributed by atoms with Crippen LogP contribution in [0.15, 0.2) is 0 Å². The molecule has 0 amide bonds. The van der Waals surface area contributed by atoms with Crippen molar-refractivity contribution in [3.63, 3.8) is 0 Å². The molecule has 0 fully saturated rings. The van der Waals surface area contributed by atoms with Crippen molar-refractivity contribution in [3.8, 4) is 0 Å². The number of quaternary nitrogens is 1. The average molecular weight is 535 g/mol. The second kappa shape index (κ2) is 26.4. The van der Waals surface area contributed by atoms with Crippen LogP contribution >= 0.6 is 7.82 Å². The third-order valence-corrected chi connectivity index (χ3v) is 7.98. The number of ketones is 1. The van der Waals surface area contributed by atoms with Crippen LogP contribution < -0.4 is 5.32 Å². The molecular weight excluding hydrogens is 473 g/mol. The fourth-order valence-electron chi connectivity index (χ4n) is 4.57. The number of Topliss-reactive ketones (excluding diaryl/α,β-unsaturated/α-hetero) is 1. The van der Waals surface area contributed by atoms with Gasteiger partial charge in [0.25, 0.3) is 0 Å². The minimum absolute atomic E-state index is 0.0122. The molecule has 0 saturated carbocycles. The van der Waals surface area contributed by atoms with Crippen LogP contribution in [0.2, 0.25) is 0 Å². The van der Waals surface area contributed by atoms with Gasteiger partial charge in [-0.15, -0.1) is 0 Å². The van der Waals surface area contributed by atoms with Gasteiger partial charge in [0.05, 0.1) is 26.8 Å². The zero-order valence-corrected chi connectivity index (χ0v) is 25.0. The first-order valence-corrected chi connectivity index (χ1v) is 16.9. The Kier molecular flexibility index (Phi) is 26.2. The minimum atomic E-state index is -4.04. The van der Waals surface area contributed by atoms with Gasteiger partial charge < -0.3 is 10.2 Å². The van der Waals surface area contributed by atoms with Gasteiger partial charge in [-0.2, -0.15) is 0 Å². The van der Waals surface area contributed by atoms with Crippen molar-refractivity contribution in [3.05, 3.63) is 0 Å². The number of phosphoric ester groups is 1. The van der Waals surface area contributed by atoms with Crippen molar-refractivity contribution >= 4 is 13.6 Å². The van der Waals surface area contributed by atoms with Gasteiger partial charge in [-0.25, -0.2) is 4.57 Å². The molecule has 2 unspecified atom stereocenters. The van der Waals surface area contributed by atoms with E-state index in [0.29, 0.717) is 19.3 Å². The molecule has 0 radical (unpaired) electrons. The average Bonchev–Trinajstić information content (AvgIpc) is 2.86. The van der Waals surface area contributed by atoms with E-state index < -0.39 is 7.82 Å². The highest BCUT2D eigenvalue weighted by atomic mass is 31.2. The van der Waals surface area contributed by atoms with Gasteiger partial charge in [-0.05, 0) is 12.3 Å². The molecule has 0 heterocycles. The standard InChI is InChI=1S/C29H60NO5P/c1-4-6-7-8-9-10-11-12-13-14-15-16-17-18-19-20-21-23-28(26-29(31)5-2)27-35-36(32,33)34-25-22-24-30-3/h28,30H,4-27H2,1-3H3,(H,32,33)/p+1. The first-order chi connectivity index (χ1) is 17.4. The van der Waals surface area contributed by atoms with E-state index in [1.165, 1.54) is 96.3 Å². The Hall–Kier alpha value is -0.260. The van der Waals surface area contributed by atoms with Crippen molar-refractivity contribution in [1.29, 1.82) is 0 Å². The number of phosphoric acid groups is 1. The molecule has 2 atom stereocenters. The largest absolute Gasteiger partial charge is 0.472 e. The van der Waals surface area contributed by atoms with E-state index in [0.717, 1.165) is 25.8 Å². The van der Waals surface area contributed by atoms with Crippen molar-refractivity contribution in [1.82, 2.24) is 0 Å². The molecular formula is C29H61NO5P+. The van der Waals surface area contributed by atoms with E-state index >= 15 is 0 Å². The van der Waals surface area contributed by atoms with E-state index in [4.69, 9.17) is 9.05 Å². The Bertz CT molecular complexity index is 532. The highest BCUT2D eigenvalue weighted by Crippen LogP contribution is 2.44. The lowest BCUT2D eigenvalue weighted by Gasteiger charge is -2.18. The summed E-state index contributed by atoms with van der Waals surface area (Å²) in [5.41, 5.74) is 0. The summed E-state index contributed by atoms with van der Waals surface area (Å²) in [6.45, 7) is 5.29. The number of carbonyl (C=O) groups excluding carboxylic acids is 1. The maximum Gasteiger partial charge on any atom is 0.472 e. The van der Waals surface area contributed by atoms with E-state index in [2.05, 4.69) is 6.92 Å². The predicted molar refractivity (Wildman–Crippen MR) is 151 cm³/mol. The second-order valence-electron chi connectivity index (χ2n) is 10.6. The third-order valence-electron chi connectivity index (χ3n) is 6.99. The molecule has 6 nitrogen and oxygen atoms in total. The van der Waals surface area contributed by atoms with E-state index in [1.807, 2.05) is 19.3 Å². The Morgan fingerprint density at radius 3 is 1.67 bits per heavy atom. The molecule has 0 rings (SSSR count). The second-order valence-corrected chi connectivity index (χ2v) is 12.0. The molecule has 0 bridgehead atoms. The molecule has 0 aliphatic carbocycles. The van der Waals surface area contributed by atoms with Crippen molar-refractivity contribution < 1.29 is 28.6 Å². The summed E-state index contributed by atoms with van der Waals surface area (Å²) in [6.07, 6.45) is 25.2. The monoisotopic (exact) mass is 534 g/mol. The Morgan fingerprint density at radius 1 is 0.750 bits per heavy atom. The molecule has 7 heteroatoms. The van der Waals surface area contributed by atoms with Crippen LogP contribution in [0.25, 0.3) is 0 Å². The number of unbranched alkanes of at least 4 members (excludes halogenated alkanes) is 16. The predicted octanol–water partition coefficient (Wildman–Crippen LogP) is 7.73. The molecule has 3 N–H and O–H groups in total. The van der Waals surface area contributed by atoms with Gasteiger partial charge in [0.15, 0.2) is 0 Å². The number of rotatable bonds is 29. The lowest BCUT2D eigenvalue weighted by Crippen LogP contribution is -2.79. The zero-order chi connectivity index (χ0) is 26.7. The maximum atomic E-state index is 12.1. The Morgan fingerprint density at radius 2 is 1.22 bits per heavy atom. The Balaban J connectivity index is 3.76. The van der Waals surface area contributed by atoms with E-state index in [-0.39, 0.29) is 24.9 Å². The quantitative estimate of drug-likeness (QED) is 0.0757. The molecule has 0 spiro atoms. The minimum Gasteiger partial charge on any atom is -0.349 e. The van der Waals surface area contributed by atoms with Gasteiger partial charge in [0.2, 0.25) is 0 Å². The van der Waals surface area contributed by atoms with Gasteiger partial charge in [0.1, 0.15) is 5.78 Å². The van der Waals surface area contributed by atoms with Crippen LogP contribution in [0, 0.1) is 5.92 Å². The number of hydrogen-bond acceptors (Lipinski definition) is 4. The topological polar surface area (TPSA) is 89.4 Å². The van der Waals surface area contributed by atoms with Crippen molar-refractivity contribution in [2.24, 2.45) is 5.92 Å². The number of nitrogens with two attached hydrogens (primary N) is 1. The fraction of sp³-hybridized carbons (Fsp3) is 0.966. The van der Waals surface area contributed by atoms with Crippen molar-refractivity contribution in [2.75, 3.05) is 26.8 Å². The van der Waals surface area contributed by atoms with Crippen molar-refractivity contribution in [2.45, 2.75) is 149 Å². The van der Waals surface area contributed by atoms with Crippen LogP contribution in [-0.2, 0) is 18.4 Å². The van der Waals surface area contributed by atoms with Crippen LogP contribution in [0.5, 0.6) is 0 Å². The van der Waals surface area contributed by atoms with Gasteiger partial charge >= 0.3 is 7.82 Å². The van der Waals surface area contributed by atoms with Crippen LogP contribution in [0.1, 0.15) is 149 Å². The first-order valence-electron chi connectivity index (χ1n) is 15.4. The van der Waals surface area contributed by atoms with Gasteiger partial charge in [-0.3, -0.25) is 13.8 Å². The van der Waals surface area contributed by atoms with E-state index in [9.17, 15) is 14.3 Å². The fourth-order valence-corrected chi connectivity index (χ4v) is 5.41. The van der Waals surface area contributed by atoms with E-state index in [1.54, 1.807) is 0 Å². The summed E-state index contributed by atoms with van der Waals surface area (Å²) < 4.78 is 22.3. The summed E-state index contributed by atoms with van der Waals surface area (Å²) in [4.78, 5) is 21.8. The number of carbonyl (C=O) groups is 1. The molecule has 0 saturated heterocycles. The molecule has 0 aliphatic heterocycles. The highest BCUT2D eigenvalue weighted by Gasteiger charge is 2.24. The summed E-state index contributed by atoms with van der Waals surface area (Å²) in [7, 11) is -2.09. The Labute approximate surface area is 223 Å². The highest BCUT2D eigenvalue weighted by molar-refractivity contribution is 7.47. The molecule has 0 aromatic carbocycles. The molecule has 36 heavy (non-hydrogen) atoms. The van der Waals surface area contributed by atoms with Gasteiger partial charge in [0, 0.05) is 19.3 Å². The lowest BCUT2D eigenvalue weighted by molar-refractivity contribution is -0.627. The summed E-state index contributed by atoms with van der Waals surface area (Å²) in [5.74, 6) is 0.171. The molecule has 0 aromatic rings. The zero-order valence-electron chi connectivity index (χ0n) is 24.2. The first kappa shape index (κ1) is 35.7. The summed E-state index contributed by atoms with van der Waals surface area (Å²) >= 11 is 0. The van der Waals surface area contributed by atoms with Gasteiger partial charge in [-0.1, -0.05) is 123 Å². The molecule has 0 aliphatic rings. The van der Waals surface area contributed by atoms with Crippen LogP contribution in [-0.4, -0.2) is 37.5 Å². The summed E-state index contributed by atoms with van der Waals surface area (Å²) in [6, 6.07) is 0. The number of hydrogen-bond donors (Lipinski definition) is 2. The molecule has 216 valence electrons. The van der Waals surface area contributed by atoms with Crippen LogP contribution in [0.3, 0.4) is 0 Å². The summed E-state index contributed by atoms with van der Waals surface area (Å²) in [5, 5.41) is 2.00. The maximum absolute atomic E-state index is 12.1. The lowest BCUT2D eigenvalue weighted by atomic mass is 9.95.